The Morgan fingerprint density at radius 3 is 1.33 bits per heavy atom. The molecule has 0 aliphatic heterocycles. The lowest BCUT2D eigenvalue weighted by Crippen LogP contribution is -1.91. The standard InChI is InChI=1S/2C3H3NO.H2O4S/c2*1-2-4-5-3-1;1-5(2,3)4/h2*1-3H;(H2,1,2,3,4). The van der Waals surface area contributed by atoms with E-state index in [0.29, 0.717) is 0 Å². The van der Waals surface area contributed by atoms with E-state index in [9.17, 15) is 0 Å². The molecule has 0 spiro atoms. The summed E-state index contributed by atoms with van der Waals surface area (Å²) < 4.78 is 43.0. The molecule has 2 rings (SSSR count). The fraction of sp³-hybridized carbons (Fsp3) is 0. The van der Waals surface area contributed by atoms with Gasteiger partial charge >= 0.3 is 0 Å². The van der Waals surface area contributed by atoms with E-state index < -0.39 is 10.4 Å². The van der Waals surface area contributed by atoms with Gasteiger partial charge in [-0.3, -0.25) is 8.42 Å². The van der Waals surface area contributed by atoms with Gasteiger partial charge in [-0.15, -0.1) is 0 Å². The summed E-state index contributed by atoms with van der Waals surface area (Å²) in [5.74, 6) is 0. The van der Waals surface area contributed by atoms with Crippen LogP contribution >= 0.6 is 0 Å². The summed E-state index contributed by atoms with van der Waals surface area (Å²) in [6, 6.07) is 3.56. The van der Waals surface area contributed by atoms with E-state index in [0.717, 1.165) is 0 Å². The molecule has 0 unspecified atom stereocenters. The van der Waals surface area contributed by atoms with Crippen LogP contribution in [0.4, 0.5) is 0 Å². The molecule has 2 N–H and O–H groups in total. The van der Waals surface area contributed by atoms with Gasteiger partial charge in [0.2, 0.25) is 12.4 Å². The molecule has 0 aliphatic carbocycles. The maximum absolute atomic E-state index is 8.52. The van der Waals surface area contributed by atoms with Crippen molar-refractivity contribution < 1.29 is 36.9 Å². The molecule has 8 nitrogen and oxygen atoms in total. The van der Waals surface area contributed by atoms with Crippen molar-refractivity contribution in [3.05, 3.63) is 37.1 Å². The Morgan fingerprint density at radius 1 is 0.933 bits per heavy atom. The first-order chi connectivity index (χ1) is 7.00. The predicted octanol–water partition coefficient (Wildman–Crippen LogP) is -1.15. The zero-order chi connectivity index (χ0) is 11.6. The van der Waals surface area contributed by atoms with Crippen LogP contribution in [0.1, 0.15) is 0 Å². The Balaban J connectivity index is 0.000000196. The Morgan fingerprint density at radius 2 is 1.27 bits per heavy atom. The molecule has 0 saturated heterocycles. The molecule has 0 bridgehead atoms. The molecule has 15 heavy (non-hydrogen) atoms. The second-order valence-electron chi connectivity index (χ2n) is 1.87. The predicted molar refractivity (Wildman–Crippen MR) is 41.0 cm³/mol. The maximum atomic E-state index is 8.52. The zero-order valence-electron chi connectivity index (χ0n) is 7.32. The lowest BCUT2D eigenvalue weighted by molar-refractivity contribution is -0.608. The third-order valence-corrected chi connectivity index (χ3v) is 0.758. The minimum Gasteiger partial charge on any atom is -0.759 e. The molecule has 0 saturated carbocycles. The molecule has 0 fully saturated rings. The minimum atomic E-state index is -5.17. The quantitative estimate of drug-likeness (QED) is 0.418. The molecule has 2 heterocycles. The largest absolute Gasteiger partial charge is 0.759 e. The van der Waals surface area contributed by atoms with Crippen molar-refractivity contribution in [1.29, 1.82) is 0 Å². The van der Waals surface area contributed by atoms with Crippen molar-refractivity contribution in [2.24, 2.45) is 0 Å². The zero-order valence-corrected chi connectivity index (χ0v) is 8.14. The summed E-state index contributed by atoms with van der Waals surface area (Å²) in [5.41, 5.74) is 0. The number of hydrogen-bond donors (Lipinski definition) is 0. The summed E-state index contributed by atoms with van der Waals surface area (Å²) in [5, 5.41) is 4.97. The van der Waals surface area contributed by atoms with Crippen molar-refractivity contribution in [2.45, 2.75) is 0 Å². The number of hydrogen-bond acceptors (Lipinski definition) is 6. The van der Waals surface area contributed by atoms with E-state index in [1.807, 2.05) is 0 Å². The van der Waals surface area contributed by atoms with Gasteiger partial charge in [0, 0.05) is 22.5 Å². The van der Waals surface area contributed by atoms with E-state index in [1.165, 1.54) is 0 Å². The average molecular weight is 236 g/mol. The summed E-state index contributed by atoms with van der Waals surface area (Å²) in [7, 11) is -5.17. The number of aromatic amines is 2. The monoisotopic (exact) mass is 236 g/mol. The molecule has 0 amide bonds. The maximum Gasteiger partial charge on any atom is 0.217 e. The molecule has 84 valence electrons. The van der Waals surface area contributed by atoms with Crippen molar-refractivity contribution in [3.63, 3.8) is 0 Å². The van der Waals surface area contributed by atoms with Crippen LogP contribution in [-0.4, -0.2) is 17.5 Å². The highest BCUT2D eigenvalue weighted by Gasteiger charge is 1.69. The number of rotatable bonds is 0. The summed E-state index contributed by atoms with van der Waals surface area (Å²) in [6.07, 6.45) is 6.56. The minimum absolute atomic E-state index is 1.57. The first-order valence-electron chi connectivity index (χ1n) is 3.46. The lowest BCUT2D eigenvalue weighted by Gasteiger charge is -2.06. The van der Waals surface area contributed by atoms with Gasteiger partial charge in [0.1, 0.15) is 0 Å². The molecule has 0 aromatic carbocycles. The van der Waals surface area contributed by atoms with Gasteiger partial charge in [-0.25, -0.2) is 9.05 Å². The van der Waals surface area contributed by atoms with Gasteiger partial charge in [-0.2, -0.15) is 0 Å². The SMILES string of the molecule is O=S(=O)([O-])[O-].c1c[nH+]oc1.c1c[nH+]oc1. The Labute approximate surface area is 85.1 Å². The first-order valence-corrected chi connectivity index (χ1v) is 4.79. The van der Waals surface area contributed by atoms with Gasteiger partial charge < -0.3 is 9.11 Å². The van der Waals surface area contributed by atoms with Crippen LogP contribution in [0.2, 0.25) is 0 Å². The van der Waals surface area contributed by atoms with Gasteiger partial charge in [0.25, 0.3) is 0 Å². The highest BCUT2D eigenvalue weighted by molar-refractivity contribution is 7.79. The molecule has 0 radical (unpaired) electrons. The molecule has 0 aliphatic rings. The van der Waals surface area contributed by atoms with E-state index in [1.54, 1.807) is 37.1 Å². The van der Waals surface area contributed by atoms with Crippen molar-refractivity contribution in [3.8, 4) is 0 Å². The van der Waals surface area contributed by atoms with Crippen LogP contribution in [0.5, 0.6) is 0 Å². The molecule has 2 aromatic rings. The van der Waals surface area contributed by atoms with Crippen LogP contribution in [0.15, 0.2) is 46.1 Å². The number of aromatic nitrogens is 2. The summed E-state index contributed by atoms with van der Waals surface area (Å²) >= 11 is 0. The molecule has 0 atom stereocenters. The third-order valence-electron chi connectivity index (χ3n) is 0.758. The van der Waals surface area contributed by atoms with Crippen LogP contribution in [0.25, 0.3) is 0 Å². The van der Waals surface area contributed by atoms with Gasteiger partial charge in [0.15, 0.2) is 12.5 Å². The normalized spacial score (nSPS) is 9.20. The van der Waals surface area contributed by atoms with Crippen molar-refractivity contribution in [2.75, 3.05) is 0 Å². The van der Waals surface area contributed by atoms with Gasteiger partial charge in [-0.05, 0) is 10.3 Å². The average Bonchev–Trinajstić information content (AvgIpc) is 2.81. The fourth-order valence-corrected chi connectivity index (χ4v) is 0.393. The summed E-state index contributed by atoms with van der Waals surface area (Å²) in [6.45, 7) is 0. The van der Waals surface area contributed by atoms with Crippen LogP contribution in [0, 0.1) is 0 Å². The number of H-pyrrole nitrogens is 2. The highest BCUT2D eigenvalue weighted by Crippen LogP contribution is 1.65. The van der Waals surface area contributed by atoms with Gasteiger partial charge in [-0.1, -0.05) is 0 Å². The van der Waals surface area contributed by atoms with E-state index in [4.69, 9.17) is 17.5 Å². The first kappa shape index (κ1) is 13.3. The van der Waals surface area contributed by atoms with Crippen LogP contribution in [0.3, 0.4) is 0 Å². The number of nitrogens with one attached hydrogen (secondary N) is 2. The topological polar surface area (TPSA) is 135 Å². The van der Waals surface area contributed by atoms with Crippen LogP contribution < -0.4 is 10.3 Å². The van der Waals surface area contributed by atoms with Gasteiger partial charge in [0.05, 0.1) is 0 Å². The molecular formula is C6H8N2O6S. The Bertz CT molecular complexity index is 326. The molecule has 9 heteroatoms. The Kier molecular flexibility index (Phi) is 6.80. The second-order valence-corrected chi connectivity index (χ2v) is 2.69. The van der Waals surface area contributed by atoms with E-state index >= 15 is 0 Å². The summed E-state index contributed by atoms with van der Waals surface area (Å²) in [4.78, 5) is 0. The van der Waals surface area contributed by atoms with Crippen molar-refractivity contribution >= 4 is 10.4 Å². The highest BCUT2D eigenvalue weighted by atomic mass is 32.3. The Hall–Kier alpha value is -1.71. The van der Waals surface area contributed by atoms with E-state index in [-0.39, 0.29) is 0 Å². The smallest absolute Gasteiger partial charge is 0.217 e. The molecule has 2 aromatic heterocycles. The molecular weight excluding hydrogens is 228 g/mol. The third kappa shape index (κ3) is 18.9. The lowest BCUT2D eigenvalue weighted by atomic mass is 10.8. The van der Waals surface area contributed by atoms with Crippen molar-refractivity contribution in [1.82, 2.24) is 0 Å². The fourth-order valence-electron chi connectivity index (χ4n) is 0.393. The van der Waals surface area contributed by atoms with E-state index in [2.05, 4.69) is 19.4 Å². The van der Waals surface area contributed by atoms with Crippen LogP contribution in [-0.2, 0) is 10.4 Å². The second kappa shape index (κ2) is 7.67.